The highest BCUT2D eigenvalue weighted by Crippen LogP contribution is 2.30. The lowest BCUT2D eigenvalue weighted by atomic mass is 9.90. The van der Waals surface area contributed by atoms with E-state index < -0.39 is 0 Å². The fraction of sp³-hybridized carbons (Fsp3) is 0.650. The highest BCUT2D eigenvalue weighted by Gasteiger charge is 2.27. The van der Waals surface area contributed by atoms with Gasteiger partial charge in [0.2, 0.25) is 5.91 Å². The topological polar surface area (TPSA) is 50.4 Å². The summed E-state index contributed by atoms with van der Waals surface area (Å²) in [5.41, 5.74) is 1.09. The van der Waals surface area contributed by atoms with Crippen molar-refractivity contribution in [3.8, 4) is 5.75 Å². The Morgan fingerprint density at radius 2 is 2.08 bits per heavy atom. The number of hydrogen-bond acceptors (Lipinski definition) is 3. The van der Waals surface area contributed by atoms with E-state index in [1.54, 1.807) is 0 Å². The first-order valence-electron chi connectivity index (χ1n) is 9.26. The van der Waals surface area contributed by atoms with Crippen molar-refractivity contribution >= 4 is 18.3 Å². The van der Waals surface area contributed by atoms with Crippen LogP contribution in [-0.4, -0.2) is 25.1 Å². The molecule has 1 aromatic rings. The zero-order valence-electron chi connectivity index (χ0n) is 15.9. The summed E-state index contributed by atoms with van der Waals surface area (Å²) in [6, 6.07) is 8.48. The Labute approximate surface area is 158 Å². The third-order valence-electron chi connectivity index (χ3n) is 4.61. The van der Waals surface area contributed by atoms with Crippen LogP contribution >= 0.6 is 12.4 Å². The molecule has 0 aliphatic carbocycles. The molecule has 2 N–H and O–H groups in total. The number of hydrogen-bond donors (Lipinski definition) is 2. The molecule has 0 aromatic heterocycles. The molecule has 1 aliphatic heterocycles. The molecule has 1 unspecified atom stereocenters. The summed E-state index contributed by atoms with van der Waals surface area (Å²) < 4.78 is 5.78. The lowest BCUT2D eigenvalue weighted by molar-refractivity contribution is -0.127. The Morgan fingerprint density at radius 1 is 1.36 bits per heavy atom. The molecule has 1 aromatic carbocycles. The number of para-hydroxylation sites is 1. The first-order valence-corrected chi connectivity index (χ1v) is 9.26. The van der Waals surface area contributed by atoms with Crippen LogP contribution < -0.4 is 15.4 Å². The fourth-order valence-electron chi connectivity index (χ4n) is 3.45. The fourth-order valence-corrected chi connectivity index (χ4v) is 3.45. The molecule has 5 heteroatoms. The summed E-state index contributed by atoms with van der Waals surface area (Å²) in [5.74, 6) is 1.66. The summed E-state index contributed by atoms with van der Waals surface area (Å²) >= 11 is 0. The number of rotatable bonds is 7. The van der Waals surface area contributed by atoms with Crippen LogP contribution in [0.15, 0.2) is 24.3 Å². The van der Waals surface area contributed by atoms with Gasteiger partial charge in [-0.3, -0.25) is 4.79 Å². The summed E-state index contributed by atoms with van der Waals surface area (Å²) in [4.78, 5) is 12.8. The second-order valence-electron chi connectivity index (χ2n) is 7.24. The predicted octanol–water partition coefficient (Wildman–Crippen LogP) is 4.10. The summed E-state index contributed by atoms with van der Waals surface area (Å²) in [6.45, 7) is 10.1. The molecule has 0 spiro atoms. The van der Waals surface area contributed by atoms with Gasteiger partial charge in [0.25, 0.3) is 0 Å². The molecule has 1 heterocycles. The van der Waals surface area contributed by atoms with Crippen molar-refractivity contribution in [2.24, 2.45) is 11.8 Å². The van der Waals surface area contributed by atoms with Gasteiger partial charge < -0.3 is 15.4 Å². The van der Waals surface area contributed by atoms with Crippen LogP contribution in [-0.2, 0) is 4.79 Å². The Bertz CT molecular complexity index is 536. The van der Waals surface area contributed by atoms with E-state index in [0.717, 1.165) is 37.1 Å². The second-order valence-corrected chi connectivity index (χ2v) is 7.24. The quantitative estimate of drug-likeness (QED) is 0.761. The van der Waals surface area contributed by atoms with Gasteiger partial charge in [0, 0.05) is 17.5 Å². The lowest BCUT2D eigenvalue weighted by Gasteiger charge is -2.30. The molecule has 142 valence electrons. The molecule has 2 rings (SSSR count). The average Bonchev–Trinajstić information content (AvgIpc) is 2.54. The van der Waals surface area contributed by atoms with Crippen LogP contribution in [0.4, 0.5) is 0 Å². The van der Waals surface area contributed by atoms with Crippen LogP contribution in [0.25, 0.3) is 0 Å². The van der Waals surface area contributed by atoms with E-state index in [2.05, 4.69) is 37.5 Å². The lowest BCUT2D eigenvalue weighted by Crippen LogP contribution is -2.43. The Balaban J connectivity index is 0.00000312. The van der Waals surface area contributed by atoms with Crippen molar-refractivity contribution in [3.05, 3.63) is 29.8 Å². The van der Waals surface area contributed by atoms with Crippen LogP contribution in [0.1, 0.15) is 58.6 Å². The van der Waals surface area contributed by atoms with Gasteiger partial charge in [0.05, 0.1) is 12.6 Å². The molecule has 1 aliphatic rings. The van der Waals surface area contributed by atoms with E-state index in [9.17, 15) is 4.79 Å². The van der Waals surface area contributed by atoms with E-state index >= 15 is 0 Å². The molecular weight excluding hydrogens is 336 g/mol. The van der Waals surface area contributed by atoms with Gasteiger partial charge in [-0.2, -0.15) is 0 Å². The summed E-state index contributed by atoms with van der Waals surface area (Å²) in [7, 11) is 0. The van der Waals surface area contributed by atoms with E-state index in [-0.39, 0.29) is 30.3 Å². The van der Waals surface area contributed by atoms with E-state index in [4.69, 9.17) is 4.74 Å². The minimum atomic E-state index is 0. The first kappa shape index (κ1) is 21.8. The number of carbonyl (C=O) groups is 1. The third-order valence-corrected chi connectivity index (χ3v) is 4.61. The van der Waals surface area contributed by atoms with E-state index in [0.29, 0.717) is 18.6 Å². The summed E-state index contributed by atoms with van der Waals surface area (Å²) in [6.07, 6.45) is 2.74. The largest absolute Gasteiger partial charge is 0.494 e. The van der Waals surface area contributed by atoms with E-state index in [1.165, 1.54) is 0 Å². The van der Waals surface area contributed by atoms with Gasteiger partial charge in [0.15, 0.2) is 0 Å². The minimum Gasteiger partial charge on any atom is -0.494 e. The monoisotopic (exact) mass is 368 g/mol. The van der Waals surface area contributed by atoms with Gasteiger partial charge in [0.1, 0.15) is 5.75 Å². The Kier molecular flexibility index (Phi) is 9.30. The van der Waals surface area contributed by atoms with Gasteiger partial charge in [-0.05, 0) is 51.6 Å². The van der Waals surface area contributed by atoms with Gasteiger partial charge in [-0.1, -0.05) is 32.0 Å². The van der Waals surface area contributed by atoms with Gasteiger partial charge in [-0.25, -0.2) is 0 Å². The zero-order valence-corrected chi connectivity index (χ0v) is 16.7. The van der Waals surface area contributed by atoms with Crippen molar-refractivity contribution in [3.63, 3.8) is 0 Å². The molecule has 1 fully saturated rings. The number of ether oxygens (including phenoxy) is 1. The maximum atomic E-state index is 12.8. The van der Waals surface area contributed by atoms with Crippen LogP contribution in [0, 0.1) is 11.8 Å². The number of nitrogens with one attached hydrogen (secondary N) is 2. The highest BCUT2D eigenvalue weighted by atomic mass is 35.5. The van der Waals surface area contributed by atoms with Crippen LogP contribution in [0.2, 0.25) is 0 Å². The number of piperidine rings is 1. The van der Waals surface area contributed by atoms with Crippen molar-refractivity contribution in [1.29, 1.82) is 0 Å². The number of amides is 1. The van der Waals surface area contributed by atoms with Crippen LogP contribution in [0.5, 0.6) is 5.75 Å². The standard InChI is InChI=1S/C20H32N2O2.ClH/c1-5-24-19-9-7-6-8-17(19)18(12-14(2)3)22-20(23)16-10-11-21-15(4)13-16;/h6-9,14-16,18,21H,5,10-13H2,1-4H3,(H,22,23);1H/t15-,16-,18?;/m0./s1. The molecule has 0 radical (unpaired) electrons. The Hall–Kier alpha value is -1.26. The van der Waals surface area contributed by atoms with E-state index in [1.807, 2.05) is 25.1 Å². The molecule has 1 saturated heterocycles. The molecule has 4 nitrogen and oxygen atoms in total. The molecule has 25 heavy (non-hydrogen) atoms. The third kappa shape index (κ3) is 6.52. The van der Waals surface area contributed by atoms with Crippen molar-refractivity contribution < 1.29 is 9.53 Å². The Morgan fingerprint density at radius 3 is 2.72 bits per heavy atom. The maximum Gasteiger partial charge on any atom is 0.223 e. The van der Waals surface area contributed by atoms with Crippen molar-refractivity contribution in [2.45, 2.75) is 59.0 Å². The predicted molar refractivity (Wildman–Crippen MR) is 105 cm³/mol. The molecule has 0 saturated carbocycles. The normalized spacial score (nSPS) is 21.3. The van der Waals surface area contributed by atoms with Gasteiger partial charge in [-0.15, -0.1) is 12.4 Å². The number of benzene rings is 1. The number of carbonyl (C=O) groups excluding carboxylic acids is 1. The maximum absolute atomic E-state index is 12.8. The van der Waals surface area contributed by atoms with Gasteiger partial charge >= 0.3 is 0 Å². The summed E-state index contributed by atoms with van der Waals surface area (Å²) in [5, 5.41) is 6.72. The highest BCUT2D eigenvalue weighted by molar-refractivity contribution is 5.85. The average molecular weight is 369 g/mol. The van der Waals surface area contributed by atoms with Crippen molar-refractivity contribution in [1.82, 2.24) is 10.6 Å². The molecule has 3 atom stereocenters. The SMILES string of the molecule is CCOc1ccccc1C(CC(C)C)NC(=O)[C@H]1CCN[C@@H](C)C1.Cl. The first-order chi connectivity index (χ1) is 11.5. The molecular formula is C20H33ClN2O2. The number of halogens is 1. The van der Waals surface area contributed by atoms with Crippen molar-refractivity contribution in [2.75, 3.05) is 13.2 Å². The zero-order chi connectivity index (χ0) is 17.5. The minimum absolute atomic E-state index is 0. The molecule has 0 bridgehead atoms. The van der Waals surface area contributed by atoms with Crippen LogP contribution in [0.3, 0.4) is 0 Å². The smallest absolute Gasteiger partial charge is 0.223 e. The molecule has 1 amide bonds. The second kappa shape index (κ2) is 10.7.